The minimum absolute atomic E-state index is 0.156. The molecule has 1 N–H and O–H groups in total. The Morgan fingerprint density at radius 2 is 1.93 bits per heavy atom. The molecule has 1 aromatic carbocycles. The number of aromatic nitrogens is 1. The Labute approximate surface area is 162 Å². The summed E-state index contributed by atoms with van der Waals surface area (Å²) >= 11 is 0. The average Bonchev–Trinajstić information content (AvgIpc) is 2.69. The number of hydrogen-bond acceptors (Lipinski definition) is 3. The molecule has 27 heavy (non-hydrogen) atoms. The first-order chi connectivity index (χ1) is 13.3. The van der Waals surface area contributed by atoms with E-state index in [1.54, 1.807) is 0 Å². The lowest BCUT2D eigenvalue weighted by Crippen LogP contribution is -2.31. The van der Waals surface area contributed by atoms with Gasteiger partial charge >= 0.3 is 0 Å². The molecule has 1 amide bonds. The van der Waals surface area contributed by atoms with Crippen LogP contribution in [0.1, 0.15) is 55.2 Å². The number of hydrogen-bond donors (Lipinski definition) is 1. The van der Waals surface area contributed by atoms with Crippen molar-refractivity contribution in [2.45, 2.75) is 58.0 Å². The normalized spacial score (nSPS) is 18.1. The van der Waals surface area contributed by atoms with Gasteiger partial charge < -0.3 is 5.32 Å². The molecular formula is C23H29N3O. The van der Waals surface area contributed by atoms with E-state index in [2.05, 4.69) is 45.5 Å². The van der Waals surface area contributed by atoms with Gasteiger partial charge in [-0.25, -0.2) is 0 Å². The smallest absolute Gasteiger partial charge is 0.224 e. The molecule has 2 aliphatic rings. The number of carbonyl (C=O) groups is 1. The van der Waals surface area contributed by atoms with E-state index >= 15 is 0 Å². The maximum absolute atomic E-state index is 12.5. The molecule has 4 nitrogen and oxygen atoms in total. The lowest BCUT2D eigenvalue weighted by molar-refractivity contribution is -0.117. The van der Waals surface area contributed by atoms with E-state index in [0.29, 0.717) is 12.3 Å². The van der Waals surface area contributed by atoms with Gasteiger partial charge in [-0.1, -0.05) is 49.6 Å². The number of nitrogens with one attached hydrogen (secondary N) is 1. The van der Waals surface area contributed by atoms with E-state index < -0.39 is 0 Å². The highest BCUT2D eigenvalue weighted by atomic mass is 16.1. The van der Waals surface area contributed by atoms with Crippen LogP contribution in [-0.2, 0) is 24.3 Å². The average molecular weight is 364 g/mol. The molecule has 0 unspecified atom stereocenters. The summed E-state index contributed by atoms with van der Waals surface area (Å²) in [4.78, 5) is 19.4. The van der Waals surface area contributed by atoms with Crippen molar-refractivity contribution in [3.63, 3.8) is 0 Å². The Balaban J connectivity index is 1.38. The van der Waals surface area contributed by atoms with Gasteiger partial charge in [0.05, 0.1) is 11.9 Å². The summed E-state index contributed by atoms with van der Waals surface area (Å²) in [5.74, 6) is 0.719. The fourth-order valence-corrected chi connectivity index (χ4v) is 4.49. The second-order valence-electron chi connectivity index (χ2n) is 8.03. The van der Waals surface area contributed by atoms with E-state index in [0.717, 1.165) is 31.7 Å². The van der Waals surface area contributed by atoms with Crippen molar-refractivity contribution in [3.05, 3.63) is 59.4 Å². The monoisotopic (exact) mass is 363 g/mol. The Kier molecular flexibility index (Phi) is 5.83. The van der Waals surface area contributed by atoms with Gasteiger partial charge in [0.25, 0.3) is 0 Å². The van der Waals surface area contributed by atoms with Crippen LogP contribution in [0.5, 0.6) is 0 Å². The molecule has 0 saturated heterocycles. The summed E-state index contributed by atoms with van der Waals surface area (Å²) in [6.45, 7) is 2.86. The summed E-state index contributed by atoms with van der Waals surface area (Å²) in [5.41, 5.74) is 4.78. The Morgan fingerprint density at radius 3 is 2.74 bits per heavy atom. The molecule has 1 fully saturated rings. The molecule has 1 aliphatic carbocycles. The van der Waals surface area contributed by atoms with E-state index in [4.69, 9.17) is 0 Å². The van der Waals surface area contributed by atoms with Crippen molar-refractivity contribution in [1.82, 2.24) is 9.88 Å². The fraction of sp³-hybridized carbons (Fsp3) is 0.478. The quantitative estimate of drug-likeness (QED) is 0.848. The molecule has 1 saturated carbocycles. The van der Waals surface area contributed by atoms with Gasteiger partial charge in [-0.15, -0.1) is 0 Å². The van der Waals surface area contributed by atoms with Crippen molar-refractivity contribution in [1.29, 1.82) is 0 Å². The number of carbonyl (C=O) groups excluding carboxylic acids is 1. The highest BCUT2D eigenvalue weighted by Gasteiger charge is 2.22. The third-order valence-corrected chi connectivity index (χ3v) is 5.94. The zero-order valence-electron chi connectivity index (χ0n) is 16.0. The molecule has 0 atom stereocenters. The van der Waals surface area contributed by atoms with Crippen LogP contribution in [0.4, 0.5) is 5.69 Å². The predicted octanol–water partition coefficient (Wildman–Crippen LogP) is 4.55. The van der Waals surface area contributed by atoms with Crippen LogP contribution in [-0.4, -0.2) is 22.3 Å². The molecule has 0 spiro atoms. The van der Waals surface area contributed by atoms with E-state index in [1.807, 2.05) is 12.4 Å². The van der Waals surface area contributed by atoms with Crippen LogP contribution in [0.25, 0.3) is 0 Å². The van der Waals surface area contributed by atoms with Crippen LogP contribution < -0.4 is 5.32 Å². The Hall–Kier alpha value is -2.20. The van der Waals surface area contributed by atoms with Crippen molar-refractivity contribution in [2.24, 2.45) is 5.92 Å². The van der Waals surface area contributed by atoms with Crippen molar-refractivity contribution in [2.75, 3.05) is 11.9 Å². The maximum Gasteiger partial charge on any atom is 0.224 e. The van der Waals surface area contributed by atoms with Crippen LogP contribution in [0.2, 0.25) is 0 Å². The summed E-state index contributed by atoms with van der Waals surface area (Å²) < 4.78 is 0. The van der Waals surface area contributed by atoms with Crippen molar-refractivity contribution >= 4 is 11.6 Å². The molecule has 1 aliphatic heterocycles. The SMILES string of the molecule is O=C(CC1CCCCC1)Nc1cncc2c1CCN(Cc1ccccc1)C2. The minimum atomic E-state index is 0.156. The second-order valence-corrected chi connectivity index (χ2v) is 8.03. The van der Waals surface area contributed by atoms with Gasteiger partial charge in [0, 0.05) is 32.3 Å². The van der Waals surface area contributed by atoms with Gasteiger partial charge in [-0.3, -0.25) is 14.7 Å². The topological polar surface area (TPSA) is 45.2 Å². The highest BCUT2D eigenvalue weighted by molar-refractivity contribution is 5.91. The third-order valence-electron chi connectivity index (χ3n) is 5.94. The molecule has 142 valence electrons. The van der Waals surface area contributed by atoms with Gasteiger partial charge in [-0.2, -0.15) is 0 Å². The molecule has 4 heteroatoms. The van der Waals surface area contributed by atoms with Gasteiger partial charge in [0.2, 0.25) is 5.91 Å². The van der Waals surface area contributed by atoms with Gasteiger partial charge in [0.1, 0.15) is 0 Å². The third kappa shape index (κ3) is 4.75. The highest BCUT2D eigenvalue weighted by Crippen LogP contribution is 2.29. The van der Waals surface area contributed by atoms with Crippen LogP contribution in [0.3, 0.4) is 0 Å². The number of nitrogens with zero attached hydrogens (tertiary/aromatic N) is 2. The predicted molar refractivity (Wildman–Crippen MR) is 108 cm³/mol. The van der Waals surface area contributed by atoms with E-state index in [-0.39, 0.29) is 5.91 Å². The Bertz CT molecular complexity index is 768. The maximum atomic E-state index is 12.5. The Morgan fingerprint density at radius 1 is 1.11 bits per heavy atom. The standard InChI is InChI=1S/C23H29N3O/c27-23(13-18-7-3-1-4-8-18)25-22-15-24-14-20-17-26(12-11-21(20)22)16-19-9-5-2-6-10-19/h2,5-6,9-10,14-15,18H,1,3-4,7-8,11-13,16-17H2,(H,25,27). The number of benzene rings is 1. The van der Waals surface area contributed by atoms with Gasteiger partial charge in [-0.05, 0) is 41.9 Å². The summed E-state index contributed by atoms with van der Waals surface area (Å²) in [7, 11) is 0. The lowest BCUT2D eigenvalue weighted by atomic mass is 9.87. The lowest BCUT2D eigenvalue weighted by Gasteiger charge is -2.30. The summed E-state index contributed by atoms with van der Waals surface area (Å²) in [6, 6.07) is 10.6. The second kappa shape index (κ2) is 8.66. The molecule has 2 heterocycles. The van der Waals surface area contributed by atoms with Crippen LogP contribution >= 0.6 is 0 Å². The first-order valence-corrected chi connectivity index (χ1v) is 10.3. The summed E-state index contributed by atoms with van der Waals surface area (Å²) in [6.07, 6.45) is 11.7. The van der Waals surface area contributed by atoms with Crippen molar-refractivity contribution in [3.8, 4) is 0 Å². The minimum Gasteiger partial charge on any atom is -0.324 e. The fourth-order valence-electron chi connectivity index (χ4n) is 4.49. The van der Waals surface area contributed by atoms with E-state index in [9.17, 15) is 4.79 Å². The van der Waals surface area contributed by atoms with E-state index in [1.165, 1.54) is 48.8 Å². The van der Waals surface area contributed by atoms with Crippen molar-refractivity contribution < 1.29 is 4.79 Å². The molecule has 1 aromatic heterocycles. The zero-order valence-corrected chi connectivity index (χ0v) is 16.0. The molecule has 2 aromatic rings. The summed E-state index contributed by atoms with van der Waals surface area (Å²) in [5, 5.41) is 3.16. The number of pyridine rings is 1. The number of rotatable bonds is 5. The number of anilines is 1. The molecule has 0 bridgehead atoms. The van der Waals surface area contributed by atoms with Crippen LogP contribution in [0, 0.1) is 5.92 Å². The van der Waals surface area contributed by atoms with Crippen LogP contribution in [0.15, 0.2) is 42.7 Å². The zero-order chi connectivity index (χ0) is 18.5. The molecular weight excluding hydrogens is 334 g/mol. The first kappa shape index (κ1) is 18.2. The van der Waals surface area contributed by atoms with Gasteiger partial charge in [0.15, 0.2) is 0 Å². The first-order valence-electron chi connectivity index (χ1n) is 10.3. The number of fused-ring (bicyclic) bond motifs is 1. The molecule has 0 radical (unpaired) electrons. The molecule has 4 rings (SSSR count). The number of amides is 1. The largest absolute Gasteiger partial charge is 0.324 e.